The molecule has 0 spiro atoms. The van der Waals surface area contributed by atoms with Crippen LogP contribution in [-0.2, 0) is 0 Å². The van der Waals surface area contributed by atoms with Crippen molar-refractivity contribution in [3.63, 3.8) is 0 Å². The maximum Gasteiger partial charge on any atom is 0.160 e. The average Bonchev–Trinajstić information content (AvgIpc) is 0.750. The molecule has 0 aliphatic rings. The smallest absolute Gasteiger partial charge is 0.160 e. The Hall–Kier alpha value is -19.5. The summed E-state index contributed by atoms with van der Waals surface area (Å²) >= 11 is 0. The van der Waals surface area contributed by atoms with Gasteiger partial charge in [0.2, 0.25) is 0 Å². The van der Waals surface area contributed by atoms with Crippen LogP contribution in [0.1, 0.15) is 0 Å². The first kappa shape index (κ1) is 89.8. The molecular weight excluding hydrogens is 1790 g/mol. The lowest BCUT2D eigenvalue weighted by molar-refractivity contribution is 1.23. The number of rotatable bonds is 20. The largest absolute Gasteiger partial charge is 0.228 e. The molecule has 692 valence electrons. The number of hydrogen-bond acceptors (Lipinski definition) is 4. The number of fused-ring (bicyclic) bond motifs is 6. The highest BCUT2D eigenvalue weighted by Crippen LogP contribution is 2.45. The molecular formula is C144H96N4. The summed E-state index contributed by atoms with van der Waals surface area (Å²) in [5, 5.41) is 6.68. The van der Waals surface area contributed by atoms with E-state index in [0.717, 1.165) is 133 Å². The average molecular weight is 1880 g/mol. The standard InChI is InChI=1S/2C72H48N2/c1-5-19-49(20-6-1)62-43-63(50-21-7-2-8-22-50)46-66(45-62)58-32-15-28-54(39-58)56-30-17-34-60(41-56)71-70-68-36-14-13-27-53(68)37-38-69(70)73-72(74-71)61-35-18-31-57(42-61)55-29-16-33-59(40-55)67-47-64(51-23-9-3-10-24-51)44-65(48-67)52-25-11-4-12-26-52;1-5-15-49(16-6-1)62-43-63(50-17-7-2-8-18-50)46-66(45-62)57-29-25-53(26-30-57)55-33-37-60(38-34-55)71-70-68-24-14-13-23-59(68)41-42-69(70)73-72(74-71)61-39-35-56(36-40-61)54-27-31-58(32-28-54)67-47-64(51-19-9-3-10-20-51)44-65(48-67)52-21-11-4-12-22-52/h2*1-48H. The van der Waals surface area contributed by atoms with Crippen LogP contribution in [0.2, 0.25) is 0 Å². The van der Waals surface area contributed by atoms with Gasteiger partial charge in [0.05, 0.1) is 22.4 Å². The van der Waals surface area contributed by atoms with Gasteiger partial charge in [-0.2, -0.15) is 0 Å². The summed E-state index contributed by atoms with van der Waals surface area (Å²) in [6.07, 6.45) is 0. The minimum Gasteiger partial charge on any atom is -0.228 e. The van der Waals surface area contributed by atoms with Gasteiger partial charge in [-0.15, -0.1) is 0 Å². The summed E-state index contributed by atoms with van der Waals surface area (Å²) in [5.74, 6) is 1.38. The molecule has 0 saturated carbocycles. The Labute approximate surface area is 862 Å². The number of aromatic nitrogens is 4. The van der Waals surface area contributed by atoms with E-state index < -0.39 is 0 Å². The molecule has 0 unspecified atom stereocenters. The highest BCUT2D eigenvalue weighted by molar-refractivity contribution is 6.14. The monoisotopic (exact) mass is 1880 g/mol. The molecule has 0 amide bonds. The summed E-state index contributed by atoms with van der Waals surface area (Å²) in [5.41, 5.74) is 45.3. The molecule has 4 nitrogen and oxygen atoms in total. The van der Waals surface area contributed by atoms with Crippen LogP contribution in [0.3, 0.4) is 0 Å². The lowest BCUT2D eigenvalue weighted by Crippen LogP contribution is -1.96. The molecule has 4 heteroatoms. The SMILES string of the molecule is c1ccc(-c2cc(-c3ccccc3)cc(-c3ccc(-c4ccc(-c5nc(-c6ccc(-c7ccc(-c8cc(-c9ccccc9)cc(-c9ccccc9)c8)cc7)cc6)c6c(ccc7ccccc76)n5)cc4)cc3)c2)cc1.c1ccc(-c2cc(-c3ccccc3)cc(-c3cccc(-c4cccc(-c5nc(-c6cccc(-c7cccc(-c8cc(-c9ccccc9)cc(-c9ccccc9)c8)c7)c6)c6c(ccc7ccccc76)n5)c4)c3)c2)cc1. The van der Waals surface area contributed by atoms with E-state index in [1.165, 1.54) is 122 Å². The second-order valence-electron chi connectivity index (χ2n) is 37.9. The van der Waals surface area contributed by atoms with Gasteiger partial charge < -0.3 is 0 Å². The van der Waals surface area contributed by atoms with Gasteiger partial charge in [-0.25, -0.2) is 19.9 Å². The summed E-state index contributed by atoms with van der Waals surface area (Å²) in [6, 6.07) is 209. The van der Waals surface area contributed by atoms with E-state index >= 15 is 0 Å². The highest BCUT2D eigenvalue weighted by atomic mass is 14.9. The Kier molecular flexibility index (Phi) is 24.6. The van der Waals surface area contributed by atoms with E-state index in [1.807, 2.05) is 0 Å². The number of nitrogens with zero attached hydrogens (tertiary/aromatic N) is 4. The predicted octanol–water partition coefficient (Wildman–Crippen LogP) is 38.9. The van der Waals surface area contributed by atoms with Gasteiger partial charge in [0.15, 0.2) is 11.6 Å². The van der Waals surface area contributed by atoms with Gasteiger partial charge in [0, 0.05) is 33.0 Å². The Morgan fingerprint density at radius 3 is 0.541 bits per heavy atom. The molecule has 26 rings (SSSR count). The molecule has 0 N–H and O–H groups in total. The maximum absolute atomic E-state index is 5.53. The Balaban J connectivity index is 0.000000154. The molecule has 24 aromatic carbocycles. The van der Waals surface area contributed by atoms with Crippen LogP contribution in [0.15, 0.2) is 582 Å². The summed E-state index contributed by atoms with van der Waals surface area (Å²) in [4.78, 5) is 21.5. The van der Waals surface area contributed by atoms with Crippen molar-refractivity contribution < 1.29 is 0 Å². The van der Waals surface area contributed by atoms with Crippen LogP contribution in [0.25, 0.3) is 267 Å². The molecule has 0 aliphatic carbocycles. The molecule has 26 aromatic rings. The first-order valence-corrected chi connectivity index (χ1v) is 50.5. The quantitative estimate of drug-likeness (QED) is 0.0714. The van der Waals surface area contributed by atoms with Gasteiger partial charge >= 0.3 is 0 Å². The van der Waals surface area contributed by atoms with Crippen LogP contribution < -0.4 is 0 Å². The number of benzene rings is 24. The maximum atomic E-state index is 5.53. The van der Waals surface area contributed by atoms with E-state index in [1.54, 1.807) is 0 Å². The van der Waals surface area contributed by atoms with Gasteiger partial charge in [0.1, 0.15) is 0 Å². The zero-order valence-corrected chi connectivity index (χ0v) is 81.2. The molecule has 0 atom stereocenters. The Bertz CT molecular complexity index is 9120. The van der Waals surface area contributed by atoms with Gasteiger partial charge in [-0.1, -0.05) is 473 Å². The zero-order valence-electron chi connectivity index (χ0n) is 81.2. The Morgan fingerprint density at radius 1 is 0.0946 bits per heavy atom. The first-order valence-electron chi connectivity index (χ1n) is 50.5. The second kappa shape index (κ2) is 40.5. The van der Waals surface area contributed by atoms with E-state index in [9.17, 15) is 0 Å². The number of hydrogen-bond donors (Lipinski definition) is 0. The predicted molar refractivity (Wildman–Crippen MR) is 623 cm³/mol. The van der Waals surface area contributed by atoms with Crippen molar-refractivity contribution in [1.82, 2.24) is 19.9 Å². The fraction of sp³-hybridized carbons (Fsp3) is 0. The molecule has 2 aromatic heterocycles. The zero-order chi connectivity index (χ0) is 98.4. The van der Waals surface area contributed by atoms with Crippen molar-refractivity contribution in [2.75, 3.05) is 0 Å². The van der Waals surface area contributed by atoms with Crippen LogP contribution in [-0.4, -0.2) is 19.9 Å². The molecule has 0 fully saturated rings. The van der Waals surface area contributed by atoms with Crippen LogP contribution in [0.5, 0.6) is 0 Å². The second-order valence-corrected chi connectivity index (χ2v) is 37.9. The minimum atomic E-state index is 0.684. The lowest BCUT2D eigenvalue weighted by Gasteiger charge is -2.14. The molecule has 0 bridgehead atoms. The normalized spacial score (nSPS) is 11.2. The fourth-order valence-electron chi connectivity index (χ4n) is 20.8. The molecule has 0 radical (unpaired) electrons. The van der Waals surface area contributed by atoms with Crippen LogP contribution >= 0.6 is 0 Å². The molecule has 148 heavy (non-hydrogen) atoms. The summed E-state index contributed by atoms with van der Waals surface area (Å²) in [7, 11) is 0. The van der Waals surface area contributed by atoms with E-state index in [-0.39, 0.29) is 0 Å². The fourth-order valence-corrected chi connectivity index (χ4v) is 20.8. The van der Waals surface area contributed by atoms with Crippen molar-refractivity contribution in [1.29, 1.82) is 0 Å². The molecule has 0 aliphatic heterocycles. The van der Waals surface area contributed by atoms with Gasteiger partial charge in [-0.3, -0.25) is 0 Å². The van der Waals surface area contributed by atoms with Crippen molar-refractivity contribution in [3.05, 3.63) is 582 Å². The van der Waals surface area contributed by atoms with Crippen molar-refractivity contribution in [3.8, 4) is 223 Å². The van der Waals surface area contributed by atoms with Gasteiger partial charge in [0.25, 0.3) is 0 Å². The van der Waals surface area contributed by atoms with Crippen LogP contribution in [0, 0.1) is 0 Å². The summed E-state index contributed by atoms with van der Waals surface area (Å²) in [6.45, 7) is 0. The minimum absolute atomic E-state index is 0.684. The van der Waals surface area contributed by atoms with E-state index in [0.29, 0.717) is 11.6 Å². The third-order valence-corrected chi connectivity index (χ3v) is 28.5. The Morgan fingerprint density at radius 2 is 0.264 bits per heavy atom. The van der Waals surface area contributed by atoms with Crippen molar-refractivity contribution in [2.24, 2.45) is 0 Å². The molecule has 0 saturated heterocycles. The summed E-state index contributed by atoms with van der Waals surface area (Å²) < 4.78 is 0. The lowest BCUT2D eigenvalue weighted by atomic mass is 9.91. The third-order valence-electron chi connectivity index (χ3n) is 28.5. The van der Waals surface area contributed by atoms with Crippen molar-refractivity contribution >= 4 is 43.4 Å². The van der Waals surface area contributed by atoms with E-state index in [4.69, 9.17) is 19.9 Å². The topological polar surface area (TPSA) is 51.6 Å². The van der Waals surface area contributed by atoms with Crippen molar-refractivity contribution in [2.45, 2.75) is 0 Å². The van der Waals surface area contributed by atoms with E-state index in [2.05, 4.69) is 582 Å². The highest BCUT2D eigenvalue weighted by Gasteiger charge is 2.22. The third kappa shape index (κ3) is 18.9. The first-order chi connectivity index (χ1) is 73.3. The van der Waals surface area contributed by atoms with Crippen LogP contribution in [0.4, 0.5) is 0 Å². The van der Waals surface area contributed by atoms with Gasteiger partial charge in [-0.05, 0) is 309 Å². The molecule has 2 heterocycles.